The molecular weight excluding hydrogens is 354 g/mol. The van der Waals surface area contributed by atoms with Gasteiger partial charge in [-0.3, -0.25) is 14.5 Å². The van der Waals surface area contributed by atoms with E-state index in [0.717, 1.165) is 42.4 Å². The first kappa shape index (κ1) is 20.1. The number of benzene rings is 1. The standard InChI is InChI=1S/C21H29N5O2/c1-21(2,3)18(19(22)28)24-17(27)12-15-16-13-25(4)10-11-26(16)20(23-15)14-8-6-5-7-9-14/h5-9,18H,10-13H2,1-4H3,(H2,22,28)(H,24,27)/t18-/m1/s1. The lowest BCUT2D eigenvalue weighted by atomic mass is 9.86. The van der Waals surface area contributed by atoms with Gasteiger partial charge in [-0.1, -0.05) is 51.1 Å². The van der Waals surface area contributed by atoms with Gasteiger partial charge in [0.1, 0.15) is 11.9 Å². The maximum atomic E-state index is 12.7. The number of hydrogen-bond acceptors (Lipinski definition) is 4. The molecule has 2 amide bonds. The summed E-state index contributed by atoms with van der Waals surface area (Å²) in [5.41, 5.74) is 7.87. The second-order valence-electron chi connectivity index (χ2n) is 8.53. The van der Waals surface area contributed by atoms with E-state index in [2.05, 4.69) is 21.8 Å². The number of carbonyl (C=O) groups excluding carboxylic acids is 2. The molecule has 0 bridgehead atoms. The number of imidazole rings is 1. The molecule has 3 N–H and O–H groups in total. The fourth-order valence-electron chi connectivity index (χ4n) is 3.59. The van der Waals surface area contributed by atoms with Crippen LogP contribution in [-0.2, 0) is 29.1 Å². The van der Waals surface area contributed by atoms with Crippen molar-refractivity contribution in [2.24, 2.45) is 11.1 Å². The lowest BCUT2D eigenvalue weighted by Gasteiger charge is -2.29. The quantitative estimate of drug-likeness (QED) is 0.819. The highest BCUT2D eigenvalue weighted by Gasteiger charge is 2.32. The van der Waals surface area contributed by atoms with Crippen LogP contribution < -0.4 is 11.1 Å². The third-order valence-corrected chi connectivity index (χ3v) is 5.10. The van der Waals surface area contributed by atoms with Gasteiger partial charge in [-0.05, 0) is 12.5 Å². The van der Waals surface area contributed by atoms with Crippen molar-refractivity contribution in [3.63, 3.8) is 0 Å². The Hall–Kier alpha value is -2.67. The molecule has 1 aromatic carbocycles. The van der Waals surface area contributed by atoms with E-state index >= 15 is 0 Å². The van der Waals surface area contributed by atoms with Gasteiger partial charge in [-0.25, -0.2) is 4.98 Å². The number of nitrogens with two attached hydrogens (primary N) is 1. The lowest BCUT2D eigenvalue weighted by Crippen LogP contribution is -2.52. The highest BCUT2D eigenvalue weighted by atomic mass is 16.2. The highest BCUT2D eigenvalue weighted by molar-refractivity contribution is 5.88. The molecule has 0 saturated carbocycles. The van der Waals surface area contributed by atoms with Gasteiger partial charge in [0, 0.05) is 25.2 Å². The van der Waals surface area contributed by atoms with Crippen molar-refractivity contribution in [1.29, 1.82) is 0 Å². The van der Waals surface area contributed by atoms with Crippen LogP contribution in [0.25, 0.3) is 11.4 Å². The Labute approximate surface area is 165 Å². The maximum absolute atomic E-state index is 12.7. The fraction of sp³-hybridized carbons (Fsp3) is 0.476. The van der Waals surface area contributed by atoms with Crippen LogP contribution in [-0.4, -0.2) is 45.9 Å². The number of nitrogens with one attached hydrogen (secondary N) is 1. The van der Waals surface area contributed by atoms with Crippen molar-refractivity contribution in [2.45, 2.75) is 46.3 Å². The Morgan fingerprint density at radius 3 is 2.50 bits per heavy atom. The number of carbonyl (C=O) groups is 2. The molecule has 0 fully saturated rings. The smallest absolute Gasteiger partial charge is 0.240 e. The van der Waals surface area contributed by atoms with Crippen LogP contribution >= 0.6 is 0 Å². The summed E-state index contributed by atoms with van der Waals surface area (Å²) in [7, 11) is 2.06. The second kappa shape index (κ2) is 7.75. The molecule has 1 atom stereocenters. The molecule has 150 valence electrons. The molecule has 0 radical (unpaired) electrons. The van der Waals surface area contributed by atoms with Crippen molar-refractivity contribution < 1.29 is 9.59 Å². The van der Waals surface area contributed by atoms with E-state index in [1.807, 2.05) is 51.1 Å². The van der Waals surface area contributed by atoms with E-state index in [4.69, 9.17) is 10.7 Å². The molecule has 28 heavy (non-hydrogen) atoms. The molecule has 7 heteroatoms. The summed E-state index contributed by atoms with van der Waals surface area (Å²) in [6.45, 7) is 8.14. The Morgan fingerprint density at radius 1 is 1.21 bits per heavy atom. The largest absolute Gasteiger partial charge is 0.368 e. The number of rotatable bonds is 5. The zero-order valence-corrected chi connectivity index (χ0v) is 17.0. The highest BCUT2D eigenvalue weighted by Crippen LogP contribution is 2.26. The van der Waals surface area contributed by atoms with E-state index in [1.165, 1.54) is 0 Å². The lowest BCUT2D eigenvalue weighted by molar-refractivity contribution is -0.129. The van der Waals surface area contributed by atoms with E-state index in [9.17, 15) is 9.59 Å². The van der Waals surface area contributed by atoms with Gasteiger partial charge in [-0.15, -0.1) is 0 Å². The molecule has 2 aromatic rings. The number of amides is 2. The van der Waals surface area contributed by atoms with Crippen LogP contribution in [0.1, 0.15) is 32.2 Å². The van der Waals surface area contributed by atoms with Gasteiger partial charge >= 0.3 is 0 Å². The minimum Gasteiger partial charge on any atom is -0.368 e. The first-order valence-electron chi connectivity index (χ1n) is 9.57. The third-order valence-electron chi connectivity index (χ3n) is 5.10. The normalized spacial score (nSPS) is 15.7. The topological polar surface area (TPSA) is 93.2 Å². The third kappa shape index (κ3) is 4.25. The Kier molecular flexibility index (Phi) is 5.56. The van der Waals surface area contributed by atoms with Gasteiger partial charge in [0.15, 0.2) is 0 Å². The van der Waals surface area contributed by atoms with Crippen molar-refractivity contribution >= 4 is 11.8 Å². The van der Waals surface area contributed by atoms with Gasteiger partial charge in [0.25, 0.3) is 0 Å². The predicted molar refractivity (Wildman–Crippen MR) is 108 cm³/mol. The molecule has 0 saturated heterocycles. The number of likely N-dealkylation sites (N-methyl/N-ethyl adjacent to an activating group) is 1. The first-order valence-corrected chi connectivity index (χ1v) is 9.57. The van der Waals surface area contributed by atoms with E-state index < -0.39 is 17.4 Å². The zero-order chi connectivity index (χ0) is 20.5. The van der Waals surface area contributed by atoms with Crippen LogP contribution in [0.5, 0.6) is 0 Å². The summed E-state index contributed by atoms with van der Waals surface area (Å²) < 4.78 is 2.20. The predicted octanol–water partition coefficient (Wildman–Crippen LogP) is 1.55. The minimum atomic E-state index is -0.727. The molecule has 0 spiro atoms. The molecule has 1 aliphatic rings. The van der Waals surface area contributed by atoms with E-state index in [0.29, 0.717) is 0 Å². The average Bonchev–Trinajstić information content (AvgIpc) is 2.97. The number of primary amides is 1. The van der Waals surface area contributed by atoms with Crippen molar-refractivity contribution in [2.75, 3.05) is 13.6 Å². The molecule has 7 nitrogen and oxygen atoms in total. The molecule has 1 aliphatic heterocycles. The summed E-state index contributed by atoms with van der Waals surface area (Å²) in [6.07, 6.45) is 0.121. The average molecular weight is 383 g/mol. The summed E-state index contributed by atoms with van der Waals surface area (Å²) in [6, 6.07) is 9.27. The first-order chi connectivity index (χ1) is 13.2. The van der Waals surface area contributed by atoms with E-state index in [-0.39, 0.29) is 12.3 Å². The Bertz CT molecular complexity index is 867. The van der Waals surface area contributed by atoms with Crippen LogP contribution in [0.2, 0.25) is 0 Å². The molecule has 3 rings (SSSR count). The van der Waals surface area contributed by atoms with Crippen molar-refractivity contribution in [3.8, 4) is 11.4 Å². The van der Waals surface area contributed by atoms with Crippen LogP contribution in [0.15, 0.2) is 30.3 Å². The van der Waals surface area contributed by atoms with Crippen LogP contribution in [0.4, 0.5) is 0 Å². The molecule has 0 unspecified atom stereocenters. The number of aromatic nitrogens is 2. The van der Waals surface area contributed by atoms with Gasteiger partial charge in [-0.2, -0.15) is 0 Å². The maximum Gasteiger partial charge on any atom is 0.240 e. The zero-order valence-electron chi connectivity index (χ0n) is 17.0. The van der Waals surface area contributed by atoms with Crippen LogP contribution in [0, 0.1) is 5.41 Å². The van der Waals surface area contributed by atoms with Crippen molar-refractivity contribution in [3.05, 3.63) is 41.7 Å². The fourth-order valence-corrected chi connectivity index (χ4v) is 3.59. The summed E-state index contributed by atoms with van der Waals surface area (Å²) in [5.74, 6) is 0.110. The Balaban J connectivity index is 1.89. The summed E-state index contributed by atoms with van der Waals surface area (Å²) >= 11 is 0. The number of hydrogen-bond donors (Lipinski definition) is 2. The number of fused-ring (bicyclic) bond motifs is 1. The number of nitrogens with zero attached hydrogens (tertiary/aromatic N) is 3. The molecule has 0 aliphatic carbocycles. The monoisotopic (exact) mass is 383 g/mol. The minimum absolute atomic E-state index is 0.121. The van der Waals surface area contributed by atoms with Gasteiger partial charge in [0.05, 0.1) is 17.8 Å². The van der Waals surface area contributed by atoms with Crippen LogP contribution in [0.3, 0.4) is 0 Å². The van der Waals surface area contributed by atoms with E-state index in [1.54, 1.807) is 0 Å². The second-order valence-corrected chi connectivity index (χ2v) is 8.53. The van der Waals surface area contributed by atoms with Crippen molar-refractivity contribution in [1.82, 2.24) is 19.8 Å². The molecule has 2 heterocycles. The summed E-state index contributed by atoms with van der Waals surface area (Å²) in [5, 5.41) is 2.80. The van der Waals surface area contributed by atoms with Gasteiger partial charge < -0.3 is 15.6 Å². The molecule has 1 aromatic heterocycles. The summed E-state index contributed by atoms with van der Waals surface area (Å²) in [4.78, 5) is 31.5. The SMILES string of the molecule is CN1CCn2c(-c3ccccc3)nc(CC(=O)N[C@H](C(N)=O)C(C)(C)C)c2C1. The Morgan fingerprint density at radius 2 is 1.89 bits per heavy atom. The molecular formula is C21H29N5O2. The van der Waals surface area contributed by atoms with Gasteiger partial charge in [0.2, 0.25) is 11.8 Å².